The zero-order valence-electron chi connectivity index (χ0n) is 20.8. The summed E-state index contributed by atoms with van der Waals surface area (Å²) in [4.78, 5) is 13.2. The van der Waals surface area contributed by atoms with E-state index in [0.29, 0.717) is 5.69 Å². The van der Waals surface area contributed by atoms with Gasteiger partial charge in [0.2, 0.25) is 16.9 Å². The molecule has 0 atom stereocenters. The first kappa shape index (κ1) is 27.5. The fourth-order valence-electron chi connectivity index (χ4n) is 3.40. The second-order valence-electron chi connectivity index (χ2n) is 6.82. The number of fused-ring (bicyclic) bond motifs is 1. The van der Waals surface area contributed by atoms with Gasteiger partial charge in [-0.15, -0.1) is 0 Å². The number of aromatic nitrogens is 2. The van der Waals surface area contributed by atoms with Crippen molar-refractivity contribution in [3.05, 3.63) is 70.3 Å². The molecule has 6 nitrogen and oxygen atoms in total. The second kappa shape index (κ2) is 11.6. The van der Waals surface area contributed by atoms with Crippen LogP contribution in [0.5, 0.6) is 11.5 Å². The van der Waals surface area contributed by atoms with Crippen molar-refractivity contribution in [1.82, 2.24) is 9.78 Å². The molecule has 0 amide bonds. The van der Waals surface area contributed by atoms with Crippen LogP contribution in [0.3, 0.4) is 0 Å². The molecule has 0 spiro atoms. The van der Waals surface area contributed by atoms with Crippen LogP contribution in [0.1, 0.15) is 39.0 Å². The Morgan fingerprint density at radius 3 is 2.26 bits per heavy atom. The van der Waals surface area contributed by atoms with Gasteiger partial charge in [0.25, 0.3) is 0 Å². The predicted octanol–water partition coefficient (Wildman–Crippen LogP) is 7.04. The summed E-state index contributed by atoms with van der Waals surface area (Å²) < 4.78 is 58.6. The van der Waals surface area contributed by atoms with Crippen molar-refractivity contribution < 1.29 is 27.1 Å². The van der Waals surface area contributed by atoms with Crippen LogP contribution in [0.15, 0.2) is 58.0 Å². The maximum absolute atomic E-state index is 13.9. The molecule has 2 heterocycles. The van der Waals surface area contributed by atoms with E-state index < -0.39 is 22.9 Å². The van der Waals surface area contributed by atoms with Crippen LogP contribution in [0, 0.1) is 6.92 Å². The Labute approximate surface area is 201 Å². The molecule has 9 heteroatoms. The molecular formula is C26H29F3N2O4. The van der Waals surface area contributed by atoms with Gasteiger partial charge in [0.15, 0.2) is 11.3 Å². The van der Waals surface area contributed by atoms with Gasteiger partial charge in [-0.3, -0.25) is 4.79 Å². The Hall–Kier alpha value is -3.75. The molecule has 0 N–H and O–H groups in total. The minimum absolute atomic E-state index is 0.0146. The van der Waals surface area contributed by atoms with E-state index in [-0.39, 0.29) is 28.0 Å². The summed E-state index contributed by atoms with van der Waals surface area (Å²) in [6.07, 6.45) is -2.36. The number of hydrogen-bond donors (Lipinski definition) is 0. The number of rotatable bonds is 4. The van der Waals surface area contributed by atoms with Gasteiger partial charge < -0.3 is 13.9 Å². The van der Waals surface area contributed by atoms with Crippen LogP contribution in [-0.2, 0) is 6.18 Å². The van der Waals surface area contributed by atoms with E-state index >= 15 is 0 Å². The number of nitrogens with zero attached hydrogens (tertiary/aromatic N) is 2. The van der Waals surface area contributed by atoms with Crippen molar-refractivity contribution in [2.75, 3.05) is 14.2 Å². The minimum atomic E-state index is -4.93. The molecule has 0 aliphatic carbocycles. The van der Waals surface area contributed by atoms with Crippen molar-refractivity contribution in [3.63, 3.8) is 0 Å². The van der Waals surface area contributed by atoms with Gasteiger partial charge >= 0.3 is 6.18 Å². The van der Waals surface area contributed by atoms with E-state index in [0.717, 1.165) is 5.56 Å². The lowest BCUT2D eigenvalue weighted by atomic mass is 10.0. The average Bonchev–Trinajstić information content (AvgIpc) is 3.35. The Morgan fingerprint density at radius 1 is 1.00 bits per heavy atom. The summed E-state index contributed by atoms with van der Waals surface area (Å²) in [7, 11) is 2.59. The van der Waals surface area contributed by atoms with Crippen molar-refractivity contribution in [1.29, 1.82) is 0 Å². The second-order valence-corrected chi connectivity index (χ2v) is 6.82. The Bertz CT molecular complexity index is 1340. The fraction of sp³-hybridized carbons (Fsp3) is 0.308. The van der Waals surface area contributed by atoms with E-state index in [4.69, 9.17) is 13.9 Å². The molecule has 0 aliphatic heterocycles. The highest BCUT2D eigenvalue weighted by Gasteiger charge is 2.40. The lowest BCUT2D eigenvalue weighted by Crippen LogP contribution is -2.16. The molecule has 0 aliphatic rings. The monoisotopic (exact) mass is 490 g/mol. The summed E-state index contributed by atoms with van der Waals surface area (Å²) in [6, 6.07) is 10.0. The van der Waals surface area contributed by atoms with Crippen LogP contribution < -0.4 is 14.9 Å². The number of halogens is 3. The minimum Gasteiger partial charge on any atom is -0.493 e. The molecule has 0 saturated heterocycles. The molecule has 0 unspecified atom stereocenters. The zero-order chi connectivity index (χ0) is 26.3. The normalized spacial score (nSPS) is 10.7. The Balaban J connectivity index is 0.00000103. The van der Waals surface area contributed by atoms with Crippen molar-refractivity contribution >= 4 is 11.0 Å². The molecule has 2 aromatic carbocycles. The van der Waals surface area contributed by atoms with Crippen molar-refractivity contribution in [3.8, 4) is 28.3 Å². The third-order valence-electron chi connectivity index (χ3n) is 4.80. The third kappa shape index (κ3) is 5.50. The highest BCUT2D eigenvalue weighted by Crippen LogP contribution is 2.41. The number of aryl methyl sites for hydroxylation is 1. The van der Waals surface area contributed by atoms with Gasteiger partial charge in [-0.05, 0) is 36.8 Å². The first-order valence-corrected chi connectivity index (χ1v) is 11.2. The average molecular weight is 491 g/mol. The molecule has 188 valence electrons. The van der Waals surface area contributed by atoms with Crippen LogP contribution in [0.25, 0.3) is 27.8 Å². The van der Waals surface area contributed by atoms with E-state index in [1.165, 1.54) is 43.4 Å². The van der Waals surface area contributed by atoms with Crippen molar-refractivity contribution in [2.24, 2.45) is 0 Å². The van der Waals surface area contributed by atoms with Crippen LogP contribution in [0.2, 0.25) is 0 Å². The third-order valence-corrected chi connectivity index (χ3v) is 4.80. The molecular weight excluding hydrogens is 461 g/mol. The smallest absolute Gasteiger partial charge is 0.450 e. The maximum atomic E-state index is 13.9. The van der Waals surface area contributed by atoms with Gasteiger partial charge in [0, 0.05) is 11.8 Å². The molecule has 4 rings (SSSR count). The van der Waals surface area contributed by atoms with Crippen LogP contribution in [0.4, 0.5) is 13.2 Å². The van der Waals surface area contributed by atoms with Gasteiger partial charge in [-0.2, -0.15) is 18.3 Å². The highest BCUT2D eigenvalue weighted by molar-refractivity contribution is 5.89. The van der Waals surface area contributed by atoms with Crippen LogP contribution in [-0.4, -0.2) is 24.0 Å². The first-order chi connectivity index (χ1) is 16.7. The lowest BCUT2D eigenvalue weighted by molar-refractivity contribution is -0.152. The predicted molar refractivity (Wildman–Crippen MR) is 131 cm³/mol. The summed E-state index contributed by atoms with van der Waals surface area (Å²) in [5, 5.41) is 4.07. The first-order valence-electron chi connectivity index (χ1n) is 11.2. The molecule has 0 fully saturated rings. The Morgan fingerprint density at radius 2 is 1.69 bits per heavy atom. The lowest BCUT2D eigenvalue weighted by Gasteiger charge is -2.14. The van der Waals surface area contributed by atoms with Gasteiger partial charge in [-0.25, -0.2) is 4.68 Å². The molecule has 0 saturated carbocycles. The number of methoxy groups -OCH3 is 2. The summed E-state index contributed by atoms with van der Waals surface area (Å²) >= 11 is 0. The largest absolute Gasteiger partial charge is 0.493 e. The standard InChI is InChI=1S/C22H17F3N2O4.2C2H6/c1-12-5-4-6-14(9-12)27-11-13(10-26-27)17-18(28)15-7-8-16(29-2)20(30-3)19(15)31-21(17)22(23,24)25;2*1-2/h4-11H,1-3H3;2*1-2H3. The fourth-order valence-corrected chi connectivity index (χ4v) is 3.40. The van der Waals surface area contributed by atoms with Crippen LogP contribution >= 0.6 is 0 Å². The van der Waals surface area contributed by atoms with E-state index in [1.807, 2.05) is 46.8 Å². The van der Waals surface area contributed by atoms with E-state index in [2.05, 4.69) is 5.10 Å². The quantitative estimate of drug-likeness (QED) is 0.307. The molecule has 35 heavy (non-hydrogen) atoms. The van der Waals surface area contributed by atoms with Gasteiger partial charge in [0.05, 0.1) is 37.1 Å². The summed E-state index contributed by atoms with van der Waals surface area (Å²) in [5.74, 6) is -1.38. The summed E-state index contributed by atoms with van der Waals surface area (Å²) in [6.45, 7) is 9.88. The molecule has 0 radical (unpaired) electrons. The number of benzene rings is 2. The maximum Gasteiger partial charge on any atom is 0.450 e. The number of ether oxygens (including phenoxy) is 2. The van der Waals surface area contributed by atoms with E-state index in [1.54, 1.807) is 12.1 Å². The van der Waals surface area contributed by atoms with Crippen molar-refractivity contribution in [2.45, 2.75) is 40.8 Å². The number of alkyl halides is 3. The van der Waals surface area contributed by atoms with Gasteiger partial charge in [-0.1, -0.05) is 39.8 Å². The topological polar surface area (TPSA) is 66.5 Å². The molecule has 0 bridgehead atoms. The highest BCUT2D eigenvalue weighted by atomic mass is 19.4. The number of hydrogen-bond acceptors (Lipinski definition) is 5. The SMILES string of the molecule is CC.CC.COc1ccc2c(=O)c(-c3cnn(-c4cccc(C)c4)c3)c(C(F)(F)F)oc2c1OC. The molecule has 4 aromatic rings. The Kier molecular flexibility index (Phi) is 9.11. The molecule has 2 aromatic heterocycles. The zero-order valence-corrected chi connectivity index (χ0v) is 20.8. The summed E-state index contributed by atoms with van der Waals surface area (Å²) in [5.41, 5.74) is -0.217. The van der Waals surface area contributed by atoms with E-state index in [9.17, 15) is 18.0 Å². The van der Waals surface area contributed by atoms with Gasteiger partial charge in [0.1, 0.15) is 0 Å².